The highest BCUT2D eigenvalue weighted by Crippen LogP contribution is 2.28. The van der Waals surface area contributed by atoms with E-state index in [9.17, 15) is 0 Å². The average molecular weight is 365 g/mol. The topological polar surface area (TPSA) is 102 Å². The van der Waals surface area contributed by atoms with E-state index in [0.717, 1.165) is 11.3 Å². The summed E-state index contributed by atoms with van der Waals surface area (Å²) in [6.07, 6.45) is 2.89. The molecule has 8 heteroatoms. The van der Waals surface area contributed by atoms with Gasteiger partial charge < -0.3 is 16.8 Å². The van der Waals surface area contributed by atoms with Crippen LogP contribution >= 0.6 is 23.2 Å². The summed E-state index contributed by atoms with van der Waals surface area (Å²) in [4.78, 5) is 13.1. The lowest BCUT2D eigenvalue weighted by atomic mass is 10.2. The maximum absolute atomic E-state index is 6.23. The third kappa shape index (κ3) is 5.11. The number of benzene rings is 1. The summed E-state index contributed by atoms with van der Waals surface area (Å²) in [7, 11) is 0. The molecule has 0 unspecified atom stereocenters. The van der Waals surface area contributed by atoms with Gasteiger partial charge in [0.15, 0.2) is 5.82 Å². The van der Waals surface area contributed by atoms with E-state index in [4.69, 9.17) is 34.7 Å². The van der Waals surface area contributed by atoms with Crippen LogP contribution in [0.25, 0.3) is 11.4 Å². The Bertz CT molecular complexity index is 773. The van der Waals surface area contributed by atoms with E-state index in [1.165, 1.54) is 12.3 Å². The van der Waals surface area contributed by atoms with E-state index >= 15 is 0 Å². The van der Waals surface area contributed by atoms with Gasteiger partial charge in [0.05, 0.1) is 11.6 Å². The lowest BCUT2D eigenvalue weighted by Gasteiger charge is -2.09. The standard InChI is InChI=1S/C16H18Cl2N6/c1-10-8-15(22-7-6-21-14(20)4-5-19)24-16(23-10)12-3-2-11(17)9-13(12)18/h2-5,8-9H,6-7,19H2,1H3,(H2,20,21)(H,22,23,24). The maximum atomic E-state index is 6.23. The number of nitrogens with two attached hydrogens (primary N) is 2. The number of nitrogens with zero attached hydrogens (tertiary/aromatic N) is 3. The molecule has 0 saturated heterocycles. The molecular weight excluding hydrogens is 347 g/mol. The summed E-state index contributed by atoms with van der Waals surface area (Å²) < 4.78 is 0. The second-order valence-electron chi connectivity index (χ2n) is 4.93. The van der Waals surface area contributed by atoms with E-state index < -0.39 is 0 Å². The Morgan fingerprint density at radius 3 is 2.79 bits per heavy atom. The molecule has 1 aromatic carbocycles. The molecule has 0 amide bonds. The van der Waals surface area contributed by atoms with Crippen molar-refractivity contribution in [2.75, 3.05) is 18.4 Å². The lowest BCUT2D eigenvalue weighted by molar-refractivity contribution is 0.997. The Balaban J connectivity index is 2.13. The molecule has 1 heterocycles. The van der Waals surface area contributed by atoms with Crippen LogP contribution in [0.1, 0.15) is 5.69 Å². The van der Waals surface area contributed by atoms with Crippen LogP contribution in [0, 0.1) is 6.92 Å². The number of hydrogen-bond donors (Lipinski definition) is 3. The molecule has 0 spiro atoms. The van der Waals surface area contributed by atoms with Crippen LogP contribution in [0.15, 0.2) is 41.5 Å². The molecule has 1 aromatic heterocycles. The Kier molecular flexibility index (Phi) is 6.40. The number of hydrogen-bond acceptors (Lipinski definition) is 5. The summed E-state index contributed by atoms with van der Waals surface area (Å²) >= 11 is 12.2. The van der Waals surface area contributed by atoms with Crippen LogP contribution in [0.2, 0.25) is 10.0 Å². The van der Waals surface area contributed by atoms with Gasteiger partial charge in [-0.3, -0.25) is 4.99 Å². The maximum Gasteiger partial charge on any atom is 0.163 e. The van der Waals surface area contributed by atoms with Crippen molar-refractivity contribution >= 4 is 34.9 Å². The van der Waals surface area contributed by atoms with Gasteiger partial charge in [0.25, 0.3) is 0 Å². The first-order chi connectivity index (χ1) is 11.5. The number of aromatic nitrogens is 2. The quantitative estimate of drug-likeness (QED) is 0.415. The van der Waals surface area contributed by atoms with Crippen molar-refractivity contribution < 1.29 is 0 Å². The first-order valence-corrected chi connectivity index (χ1v) is 7.98. The molecule has 6 nitrogen and oxygen atoms in total. The van der Waals surface area contributed by atoms with E-state index in [1.807, 2.05) is 13.0 Å². The predicted octanol–water partition coefficient (Wildman–Crippen LogP) is 3.00. The van der Waals surface area contributed by atoms with Crippen LogP contribution in [0.3, 0.4) is 0 Å². The summed E-state index contributed by atoms with van der Waals surface area (Å²) in [6.45, 7) is 2.96. The van der Waals surface area contributed by atoms with Gasteiger partial charge in [0.2, 0.25) is 0 Å². The molecule has 2 rings (SSSR count). The third-order valence-corrected chi connectivity index (χ3v) is 3.55. The number of aliphatic imine (C=N–C) groups is 1. The van der Waals surface area contributed by atoms with Crippen LogP contribution in [-0.4, -0.2) is 28.9 Å². The van der Waals surface area contributed by atoms with Crippen LogP contribution < -0.4 is 16.8 Å². The molecular formula is C16H18Cl2N6. The summed E-state index contributed by atoms with van der Waals surface area (Å²) in [5.41, 5.74) is 12.4. The van der Waals surface area contributed by atoms with Crippen molar-refractivity contribution in [3.8, 4) is 11.4 Å². The zero-order valence-electron chi connectivity index (χ0n) is 13.1. The minimum Gasteiger partial charge on any atom is -0.404 e. The first-order valence-electron chi connectivity index (χ1n) is 7.23. The molecule has 0 bridgehead atoms. The SMILES string of the molecule is Cc1cc(NCCN=C(N)C=CN)nc(-c2ccc(Cl)cc2Cl)n1. The number of halogens is 2. The number of amidine groups is 1. The predicted molar refractivity (Wildman–Crippen MR) is 101 cm³/mol. The van der Waals surface area contributed by atoms with Gasteiger partial charge in [-0.25, -0.2) is 9.97 Å². The van der Waals surface area contributed by atoms with Crippen molar-refractivity contribution in [2.45, 2.75) is 6.92 Å². The first kappa shape index (κ1) is 18.0. The fourth-order valence-corrected chi connectivity index (χ4v) is 2.46. The highest BCUT2D eigenvalue weighted by molar-refractivity contribution is 6.36. The smallest absolute Gasteiger partial charge is 0.163 e. The number of rotatable bonds is 6. The number of anilines is 1. The molecule has 0 radical (unpaired) electrons. The molecule has 24 heavy (non-hydrogen) atoms. The van der Waals surface area contributed by atoms with Crippen LogP contribution in [-0.2, 0) is 0 Å². The Hall–Kier alpha value is -2.31. The lowest BCUT2D eigenvalue weighted by Crippen LogP contribution is -2.13. The van der Waals surface area contributed by atoms with E-state index in [-0.39, 0.29) is 0 Å². The van der Waals surface area contributed by atoms with Gasteiger partial charge >= 0.3 is 0 Å². The third-order valence-electron chi connectivity index (χ3n) is 3.01. The summed E-state index contributed by atoms with van der Waals surface area (Å²) in [5.74, 6) is 1.60. The minimum absolute atomic E-state index is 0.381. The van der Waals surface area contributed by atoms with Crippen molar-refractivity contribution in [2.24, 2.45) is 16.5 Å². The molecule has 126 valence electrons. The van der Waals surface area contributed by atoms with Crippen LogP contribution in [0.4, 0.5) is 5.82 Å². The second-order valence-corrected chi connectivity index (χ2v) is 5.78. The Labute approximate surface area is 150 Å². The molecule has 0 aliphatic carbocycles. The van der Waals surface area contributed by atoms with Crippen molar-refractivity contribution in [3.05, 3.63) is 52.3 Å². The van der Waals surface area contributed by atoms with Gasteiger partial charge in [-0.05, 0) is 37.4 Å². The molecule has 0 aliphatic heterocycles. The molecule has 0 aliphatic rings. The van der Waals surface area contributed by atoms with Gasteiger partial charge in [0, 0.05) is 28.9 Å². The second kappa shape index (κ2) is 8.52. The van der Waals surface area contributed by atoms with Crippen molar-refractivity contribution in [1.29, 1.82) is 0 Å². The highest BCUT2D eigenvalue weighted by Gasteiger charge is 2.09. The van der Waals surface area contributed by atoms with Crippen molar-refractivity contribution in [3.63, 3.8) is 0 Å². The summed E-state index contributed by atoms with van der Waals surface area (Å²) in [5, 5.41) is 4.26. The highest BCUT2D eigenvalue weighted by atomic mass is 35.5. The molecule has 2 aromatic rings. The van der Waals surface area contributed by atoms with Crippen molar-refractivity contribution in [1.82, 2.24) is 9.97 Å². The van der Waals surface area contributed by atoms with E-state index in [2.05, 4.69) is 20.3 Å². The Morgan fingerprint density at radius 1 is 1.29 bits per heavy atom. The van der Waals surface area contributed by atoms with Gasteiger partial charge in [0.1, 0.15) is 11.7 Å². The average Bonchev–Trinajstić information content (AvgIpc) is 2.51. The monoisotopic (exact) mass is 364 g/mol. The number of nitrogens with one attached hydrogen (secondary N) is 1. The summed E-state index contributed by atoms with van der Waals surface area (Å²) in [6, 6.07) is 7.07. The van der Waals surface area contributed by atoms with E-state index in [0.29, 0.717) is 40.6 Å². The minimum atomic E-state index is 0.381. The Morgan fingerprint density at radius 2 is 2.08 bits per heavy atom. The largest absolute Gasteiger partial charge is 0.404 e. The fraction of sp³-hybridized carbons (Fsp3) is 0.188. The molecule has 0 saturated carbocycles. The molecule has 0 fully saturated rings. The zero-order chi connectivity index (χ0) is 17.5. The molecule has 5 N–H and O–H groups in total. The van der Waals surface area contributed by atoms with Crippen LogP contribution in [0.5, 0.6) is 0 Å². The zero-order valence-corrected chi connectivity index (χ0v) is 14.6. The normalized spacial score (nSPS) is 11.9. The van der Waals surface area contributed by atoms with Gasteiger partial charge in [-0.2, -0.15) is 0 Å². The number of aryl methyl sites for hydroxylation is 1. The van der Waals surface area contributed by atoms with Gasteiger partial charge in [-0.1, -0.05) is 23.2 Å². The van der Waals surface area contributed by atoms with Gasteiger partial charge in [-0.15, -0.1) is 0 Å². The molecule has 0 atom stereocenters. The fourth-order valence-electron chi connectivity index (χ4n) is 1.97. The van der Waals surface area contributed by atoms with E-state index in [1.54, 1.807) is 18.2 Å².